The van der Waals surface area contributed by atoms with Gasteiger partial charge in [-0.2, -0.15) is 0 Å². The lowest BCUT2D eigenvalue weighted by Gasteiger charge is -2.20. The predicted octanol–water partition coefficient (Wildman–Crippen LogP) is 6.59. The molecule has 0 N–H and O–H groups in total. The maximum Gasteiger partial charge on any atom is 0.0882 e. The summed E-state index contributed by atoms with van der Waals surface area (Å²) in [6.07, 6.45) is 16.1. The van der Waals surface area contributed by atoms with Gasteiger partial charge in [-0.3, -0.25) is 9.98 Å². The van der Waals surface area contributed by atoms with Crippen molar-refractivity contribution in [1.82, 2.24) is 14.5 Å². The summed E-state index contributed by atoms with van der Waals surface area (Å²) in [7, 11) is 0. The first-order chi connectivity index (χ1) is 18.5. The summed E-state index contributed by atoms with van der Waals surface area (Å²) in [5, 5.41) is 3.40. The Morgan fingerprint density at radius 3 is 2.42 bits per heavy atom. The molecule has 1 aliphatic heterocycles. The van der Waals surface area contributed by atoms with E-state index in [4.69, 9.17) is 9.98 Å². The minimum Gasteiger partial charge on any atom is -0.306 e. The summed E-state index contributed by atoms with van der Waals surface area (Å²) in [5.74, 6) is 0. The second-order valence-corrected chi connectivity index (χ2v) is 11.3. The van der Waals surface area contributed by atoms with E-state index in [2.05, 4.69) is 93.9 Å². The number of rotatable bonds is 3. The molecule has 0 atom stereocenters. The smallest absolute Gasteiger partial charge is 0.0882 e. The van der Waals surface area contributed by atoms with E-state index in [1.807, 2.05) is 19.2 Å². The summed E-state index contributed by atoms with van der Waals surface area (Å²) >= 11 is 3.57. The summed E-state index contributed by atoms with van der Waals surface area (Å²) in [4.78, 5) is 14.3. The Morgan fingerprint density at radius 1 is 0.947 bits per heavy atom. The molecule has 0 amide bonds. The van der Waals surface area contributed by atoms with E-state index in [0.29, 0.717) is 6.04 Å². The molecule has 0 saturated heterocycles. The van der Waals surface area contributed by atoms with Crippen molar-refractivity contribution in [1.29, 1.82) is 0 Å². The highest BCUT2D eigenvalue weighted by Gasteiger charge is 2.16. The second-order valence-electron chi connectivity index (χ2n) is 10.4. The normalized spacial score (nSPS) is 15.7. The highest BCUT2D eigenvalue weighted by molar-refractivity contribution is 9.10. The van der Waals surface area contributed by atoms with E-state index in [-0.39, 0.29) is 0 Å². The van der Waals surface area contributed by atoms with Crippen molar-refractivity contribution >= 4 is 28.1 Å². The van der Waals surface area contributed by atoms with Crippen LogP contribution in [0.4, 0.5) is 0 Å². The molecule has 4 nitrogen and oxygen atoms in total. The Labute approximate surface area is 234 Å². The van der Waals surface area contributed by atoms with Crippen LogP contribution in [0.15, 0.2) is 64.2 Å². The van der Waals surface area contributed by atoms with E-state index in [1.54, 1.807) is 0 Å². The first-order valence-electron chi connectivity index (χ1n) is 14.0. The minimum atomic E-state index is 0.464. The molecule has 0 bridgehead atoms. The van der Waals surface area contributed by atoms with Crippen molar-refractivity contribution < 1.29 is 0 Å². The molecule has 1 aromatic carbocycles. The van der Waals surface area contributed by atoms with Crippen molar-refractivity contribution in [3.05, 3.63) is 92.1 Å². The van der Waals surface area contributed by atoms with Crippen molar-refractivity contribution in [2.24, 2.45) is 4.99 Å². The highest BCUT2D eigenvalue weighted by atomic mass is 79.9. The van der Waals surface area contributed by atoms with Gasteiger partial charge in [-0.25, -0.2) is 4.98 Å². The molecule has 1 aromatic heterocycles. The summed E-state index contributed by atoms with van der Waals surface area (Å²) in [6, 6.07) is 17.7. The molecule has 2 heterocycles. The first kappa shape index (κ1) is 26.6. The molecule has 3 aliphatic carbocycles. The Morgan fingerprint density at radius 2 is 1.71 bits per heavy atom. The van der Waals surface area contributed by atoms with Gasteiger partial charge < -0.3 is 4.57 Å². The third-order valence-electron chi connectivity index (χ3n) is 7.48. The van der Waals surface area contributed by atoms with Crippen LogP contribution in [0, 0.1) is 13.8 Å². The Bertz CT molecular complexity index is 1540. The predicted molar refractivity (Wildman–Crippen MR) is 161 cm³/mol. The van der Waals surface area contributed by atoms with Gasteiger partial charge in [0.25, 0.3) is 0 Å². The average molecular weight is 570 g/mol. The van der Waals surface area contributed by atoms with Gasteiger partial charge in [-0.05, 0) is 99.5 Å². The number of aryl methyl sites for hydroxylation is 3. The molecular formula is C33H37BrN4. The standard InChI is InChI=1S/C25H26BrN3.C8H11N/c1-17-15-23-25(16-22(17)27-19-7-3-2-4-8-19)29(20-13-11-18(26)12-14-20)24-10-6-5-9-21(24)28-23;1-3-8-5-4-7(2)9-6-8/h9-16,19H,2-8H2,1H3;4-6H,3H2,1-2H3. The van der Waals surface area contributed by atoms with E-state index in [9.17, 15) is 0 Å². The van der Waals surface area contributed by atoms with Crippen LogP contribution >= 0.6 is 15.9 Å². The number of benzene rings is 2. The van der Waals surface area contributed by atoms with Crippen LogP contribution in [0.2, 0.25) is 0 Å². The van der Waals surface area contributed by atoms with E-state index >= 15 is 0 Å². The molecule has 1 saturated carbocycles. The van der Waals surface area contributed by atoms with Crippen molar-refractivity contribution in [2.75, 3.05) is 0 Å². The number of aromatic nitrogens is 3. The molecule has 38 heavy (non-hydrogen) atoms. The molecule has 6 rings (SSSR count). The lowest BCUT2D eigenvalue weighted by atomic mass is 9.96. The van der Waals surface area contributed by atoms with E-state index in [0.717, 1.165) is 57.2 Å². The fraction of sp³-hybridized carbons (Fsp3) is 0.364. The Balaban J connectivity index is 0.000000278. The minimum absolute atomic E-state index is 0.464. The fourth-order valence-electron chi connectivity index (χ4n) is 5.28. The zero-order valence-corrected chi connectivity index (χ0v) is 24.3. The highest BCUT2D eigenvalue weighted by Crippen LogP contribution is 2.23. The van der Waals surface area contributed by atoms with Gasteiger partial charge in [0.2, 0.25) is 0 Å². The monoisotopic (exact) mass is 568 g/mol. The van der Waals surface area contributed by atoms with Gasteiger partial charge in [0.05, 0.1) is 33.5 Å². The molecule has 0 unspecified atom stereocenters. The molecule has 1 fully saturated rings. The molecular weight excluding hydrogens is 532 g/mol. The Kier molecular flexibility index (Phi) is 8.53. The lowest BCUT2D eigenvalue weighted by Crippen LogP contribution is -2.40. The Hall–Kier alpha value is -3.05. The van der Waals surface area contributed by atoms with E-state index in [1.165, 1.54) is 48.6 Å². The maximum absolute atomic E-state index is 5.16. The maximum atomic E-state index is 5.16. The van der Waals surface area contributed by atoms with Crippen molar-refractivity contribution in [3.8, 4) is 17.1 Å². The van der Waals surface area contributed by atoms with Gasteiger partial charge in [0.1, 0.15) is 0 Å². The summed E-state index contributed by atoms with van der Waals surface area (Å²) < 4.78 is 3.45. The topological polar surface area (TPSA) is 43.1 Å². The SMILES string of the molecule is CCc1ccc(C)nc1.Cc1cc2nc3c(n(-c4ccc(Br)cc4)c-2cc1=NC1CCCCC1)=CCCC=3. The lowest BCUT2D eigenvalue weighted by molar-refractivity contribution is 0.437. The van der Waals surface area contributed by atoms with Crippen LogP contribution in [0.25, 0.3) is 29.2 Å². The second kappa shape index (κ2) is 12.2. The van der Waals surface area contributed by atoms with Crippen molar-refractivity contribution in [3.63, 3.8) is 0 Å². The zero-order valence-electron chi connectivity index (χ0n) is 22.8. The third kappa shape index (κ3) is 6.15. The van der Waals surface area contributed by atoms with E-state index < -0.39 is 0 Å². The van der Waals surface area contributed by atoms with Crippen LogP contribution in [-0.4, -0.2) is 20.6 Å². The fourth-order valence-corrected chi connectivity index (χ4v) is 5.54. The van der Waals surface area contributed by atoms with Gasteiger partial charge in [-0.1, -0.05) is 60.3 Å². The molecule has 0 radical (unpaired) electrons. The zero-order chi connectivity index (χ0) is 26.5. The molecule has 4 aliphatic rings. The summed E-state index contributed by atoms with van der Waals surface area (Å²) in [5.41, 5.74) is 6.96. The third-order valence-corrected chi connectivity index (χ3v) is 8.01. The summed E-state index contributed by atoms with van der Waals surface area (Å²) in [6.45, 7) is 6.30. The number of hydrogen-bond acceptors (Lipinski definition) is 3. The number of nitrogens with zero attached hydrogens (tertiary/aromatic N) is 4. The molecule has 5 heteroatoms. The van der Waals surface area contributed by atoms with Gasteiger partial charge >= 0.3 is 0 Å². The van der Waals surface area contributed by atoms with Crippen LogP contribution in [0.1, 0.15) is 68.7 Å². The molecule has 2 aromatic rings. The number of pyridine rings is 1. The van der Waals surface area contributed by atoms with Gasteiger partial charge in [0, 0.05) is 22.1 Å². The van der Waals surface area contributed by atoms with Gasteiger partial charge in [-0.15, -0.1) is 0 Å². The number of halogens is 1. The number of fused-ring (bicyclic) bond motifs is 2. The average Bonchev–Trinajstić information content (AvgIpc) is 2.94. The van der Waals surface area contributed by atoms with Gasteiger partial charge in [0.15, 0.2) is 0 Å². The largest absolute Gasteiger partial charge is 0.306 e. The van der Waals surface area contributed by atoms with Crippen LogP contribution in [0.5, 0.6) is 0 Å². The van der Waals surface area contributed by atoms with Crippen LogP contribution in [-0.2, 0) is 6.42 Å². The first-order valence-corrected chi connectivity index (χ1v) is 14.8. The molecule has 0 spiro atoms. The number of hydrogen-bond donors (Lipinski definition) is 0. The van der Waals surface area contributed by atoms with Crippen LogP contribution in [0.3, 0.4) is 0 Å². The quantitative estimate of drug-likeness (QED) is 0.280. The molecule has 196 valence electrons. The van der Waals surface area contributed by atoms with Crippen LogP contribution < -0.4 is 16.1 Å². The van der Waals surface area contributed by atoms with Crippen molar-refractivity contribution in [2.45, 2.75) is 78.2 Å².